The minimum Gasteiger partial charge on any atom is -0.345 e. The number of fused-ring (bicyclic) bond motifs is 3. The van der Waals surface area contributed by atoms with Gasteiger partial charge in [0.1, 0.15) is 0 Å². The number of hydrogen-bond donors (Lipinski definition) is 0. The number of rotatable bonds is 7. The van der Waals surface area contributed by atoms with Gasteiger partial charge in [0.2, 0.25) is 0 Å². The minimum atomic E-state index is 1.03. The van der Waals surface area contributed by atoms with Crippen LogP contribution in [0.2, 0.25) is 0 Å². The highest BCUT2D eigenvalue weighted by molar-refractivity contribution is 6.12. The number of anilines is 2. The maximum absolute atomic E-state index is 2.39. The van der Waals surface area contributed by atoms with E-state index < -0.39 is 0 Å². The summed E-state index contributed by atoms with van der Waals surface area (Å²) in [5, 5.41) is 2.51. The number of nitrogens with zero attached hydrogens (tertiary/aromatic N) is 2. The Hall–Kier alpha value is -4.82. The molecular formula is C40H40N2. The Labute approximate surface area is 250 Å². The molecule has 42 heavy (non-hydrogen) atoms. The average molecular weight is 549 g/mol. The Morgan fingerprint density at radius 1 is 0.619 bits per heavy atom. The fraction of sp³-hybridized carbons (Fsp3) is 0.150. The lowest BCUT2D eigenvalue weighted by molar-refractivity contribution is 1.19. The van der Waals surface area contributed by atoms with E-state index in [4.69, 9.17) is 0 Å². The van der Waals surface area contributed by atoms with E-state index in [-0.39, 0.29) is 0 Å². The summed E-state index contributed by atoms with van der Waals surface area (Å²) in [5.74, 6) is 0. The molecule has 1 aromatic heterocycles. The molecule has 0 aliphatic carbocycles. The maximum Gasteiger partial charge on any atom is 0.0539 e. The highest BCUT2D eigenvalue weighted by atomic mass is 15.1. The van der Waals surface area contributed by atoms with Crippen LogP contribution in [0.5, 0.6) is 0 Å². The van der Waals surface area contributed by atoms with Gasteiger partial charge in [0.05, 0.1) is 11.0 Å². The quantitative estimate of drug-likeness (QED) is 0.180. The first kappa shape index (κ1) is 28.7. The average Bonchev–Trinajstić information content (AvgIpc) is 3.39. The molecule has 0 saturated heterocycles. The Balaban J connectivity index is 0.00000173. The van der Waals surface area contributed by atoms with Crippen LogP contribution in [-0.2, 0) is 0 Å². The van der Waals surface area contributed by atoms with E-state index in [1.54, 1.807) is 0 Å². The third-order valence-electron chi connectivity index (χ3n) is 7.64. The van der Waals surface area contributed by atoms with Crippen molar-refractivity contribution in [2.45, 2.75) is 34.1 Å². The molecule has 5 aromatic carbocycles. The van der Waals surface area contributed by atoms with Crippen LogP contribution in [0.3, 0.4) is 0 Å². The molecule has 0 atom stereocenters. The fourth-order valence-corrected chi connectivity index (χ4v) is 5.51. The SMILES string of the molecule is CC.CC/C=C\C=C(/C)n1c2ccc(-c3cccc(-c4ccccc4)c3)cc2c2cc(N(C)c3ccccc3)ccc21. The van der Waals surface area contributed by atoms with E-state index in [0.29, 0.717) is 0 Å². The van der Waals surface area contributed by atoms with Gasteiger partial charge in [-0.05, 0) is 90.2 Å². The minimum absolute atomic E-state index is 1.03. The lowest BCUT2D eigenvalue weighted by Crippen LogP contribution is -2.08. The summed E-state index contributed by atoms with van der Waals surface area (Å²) in [4.78, 5) is 2.25. The highest BCUT2D eigenvalue weighted by Gasteiger charge is 2.15. The summed E-state index contributed by atoms with van der Waals surface area (Å²) in [6.45, 7) is 8.36. The first-order chi connectivity index (χ1) is 20.6. The zero-order chi connectivity index (χ0) is 29.5. The Morgan fingerprint density at radius 3 is 1.88 bits per heavy atom. The van der Waals surface area contributed by atoms with Crippen LogP contribution in [0.15, 0.2) is 140 Å². The smallest absolute Gasteiger partial charge is 0.0539 e. The van der Waals surface area contributed by atoms with Crippen LogP contribution in [0.4, 0.5) is 11.4 Å². The van der Waals surface area contributed by atoms with E-state index >= 15 is 0 Å². The summed E-state index contributed by atoms with van der Waals surface area (Å²) >= 11 is 0. The molecule has 0 spiro atoms. The van der Waals surface area contributed by atoms with Gasteiger partial charge < -0.3 is 9.47 Å². The lowest BCUT2D eigenvalue weighted by atomic mass is 9.98. The molecule has 6 rings (SSSR count). The van der Waals surface area contributed by atoms with Gasteiger partial charge in [-0.2, -0.15) is 0 Å². The zero-order valence-electron chi connectivity index (χ0n) is 25.4. The van der Waals surface area contributed by atoms with Crippen molar-refractivity contribution in [3.63, 3.8) is 0 Å². The first-order valence-corrected chi connectivity index (χ1v) is 15.0. The lowest BCUT2D eigenvalue weighted by Gasteiger charge is -2.19. The van der Waals surface area contributed by atoms with Crippen LogP contribution >= 0.6 is 0 Å². The summed E-state index contributed by atoms with van der Waals surface area (Å²) in [6, 6.07) is 43.7. The molecular weight excluding hydrogens is 508 g/mol. The summed E-state index contributed by atoms with van der Waals surface area (Å²) in [7, 11) is 2.14. The predicted octanol–water partition coefficient (Wildman–Crippen LogP) is 11.7. The maximum atomic E-state index is 2.39. The number of allylic oxidation sites excluding steroid dienone is 4. The molecule has 0 N–H and O–H groups in total. The van der Waals surface area contributed by atoms with Gasteiger partial charge in [0.15, 0.2) is 0 Å². The Kier molecular flexibility index (Phi) is 9.04. The van der Waals surface area contributed by atoms with E-state index in [1.165, 1.54) is 61.1 Å². The van der Waals surface area contributed by atoms with Gasteiger partial charge >= 0.3 is 0 Å². The number of para-hydroxylation sites is 1. The molecule has 0 amide bonds. The molecule has 0 fully saturated rings. The van der Waals surface area contributed by atoms with Crippen LogP contribution < -0.4 is 4.90 Å². The first-order valence-electron chi connectivity index (χ1n) is 15.0. The van der Waals surface area contributed by atoms with Crippen molar-refractivity contribution in [2.75, 3.05) is 11.9 Å². The number of aromatic nitrogens is 1. The molecule has 2 heteroatoms. The third kappa shape index (κ3) is 5.80. The van der Waals surface area contributed by atoms with E-state index in [9.17, 15) is 0 Å². The van der Waals surface area contributed by atoms with E-state index in [0.717, 1.165) is 6.42 Å². The van der Waals surface area contributed by atoms with Crippen molar-refractivity contribution < 1.29 is 0 Å². The second-order valence-electron chi connectivity index (χ2n) is 10.3. The van der Waals surface area contributed by atoms with Crippen LogP contribution in [-0.4, -0.2) is 11.6 Å². The summed E-state index contributed by atoms with van der Waals surface area (Å²) in [5.41, 5.74) is 10.9. The van der Waals surface area contributed by atoms with Crippen LogP contribution in [0.1, 0.15) is 34.1 Å². The molecule has 0 unspecified atom stereocenters. The summed E-state index contributed by atoms with van der Waals surface area (Å²) < 4.78 is 2.39. The Bertz CT molecular complexity index is 1840. The number of benzene rings is 5. The van der Waals surface area contributed by atoms with Crippen molar-refractivity contribution in [1.29, 1.82) is 0 Å². The van der Waals surface area contributed by atoms with Gasteiger partial charge in [-0.3, -0.25) is 0 Å². The van der Waals surface area contributed by atoms with Gasteiger partial charge in [-0.25, -0.2) is 0 Å². The van der Waals surface area contributed by atoms with Gasteiger partial charge in [0.25, 0.3) is 0 Å². The molecule has 6 aromatic rings. The van der Waals surface area contributed by atoms with E-state index in [1.807, 2.05) is 13.8 Å². The molecule has 1 heterocycles. The van der Waals surface area contributed by atoms with Crippen LogP contribution in [0, 0.1) is 0 Å². The normalized spacial score (nSPS) is 11.6. The molecule has 2 nitrogen and oxygen atoms in total. The second kappa shape index (κ2) is 13.2. The van der Waals surface area contributed by atoms with Gasteiger partial charge in [-0.15, -0.1) is 0 Å². The van der Waals surface area contributed by atoms with Crippen molar-refractivity contribution in [3.8, 4) is 22.3 Å². The molecule has 0 radical (unpaired) electrons. The topological polar surface area (TPSA) is 8.17 Å². The second-order valence-corrected chi connectivity index (χ2v) is 10.3. The monoisotopic (exact) mass is 548 g/mol. The Morgan fingerprint density at radius 2 is 1.19 bits per heavy atom. The van der Waals surface area contributed by atoms with Crippen LogP contribution in [0.25, 0.3) is 49.8 Å². The molecule has 0 bridgehead atoms. The van der Waals surface area contributed by atoms with Crippen molar-refractivity contribution in [2.24, 2.45) is 0 Å². The van der Waals surface area contributed by atoms with Gasteiger partial charge in [-0.1, -0.05) is 106 Å². The zero-order valence-corrected chi connectivity index (χ0v) is 25.4. The molecule has 210 valence electrons. The number of hydrogen-bond acceptors (Lipinski definition) is 1. The van der Waals surface area contributed by atoms with Crippen molar-refractivity contribution >= 4 is 38.9 Å². The van der Waals surface area contributed by atoms with Gasteiger partial charge in [0, 0.05) is 34.9 Å². The molecule has 0 saturated carbocycles. The standard InChI is InChI=1S/C38H34N2.C2H6/c1-4-5-8-14-28(2)40-37-23-21-32(31-18-13-17-30(25-31)29-15-9-6-10-16-29)26-35(37)36-27-34(22-24-38(36)40)39(3)33-19-11-7-12-20-33;1-2/h5-27H,4H2,1-3H3;1-2H3/b8-5-,28-14+;. The van der Waals surface area contributed by atoms with Crippen molar-refractivity contribution in [1.82, 2.24) is 4.57 Å². The van der Waals surface area contributed by atoms with Crippen molar-refractivity contribution in [3.05, 3.63) is 140 Å². The molecule has 0 aliphatic rings. The third-order valence-corrected chi connectivity index (χ3v) is 7.64. The largest absolute Gasteiger partial charge is 0.345 e. The predicted molar refractivity (Wildman–Crippen MR) is 186 cm³/mol. The highest BCUT2D eigenvalue weighted by Crippen LogP contribution is 2.38. The fourth-order valence-electron chi connectivity index (χ4n) is 5.51. The summed E-state index contributed by atoms with van der Waals surface area (Å²) in [6.07, 6.45) is 7.59. The van der Waals surface area contributed by atoms with E-state index in [2.05, 4.69) is 170 Å². The molecule has 0 aliphatic heterocycles.